The zero-order chi connectivity index (χ0) is 13.4. The Morgan fingerprint density at radius 1 is 1.61 bits per heavy atom. The van der Waals surface area contributed by atoms with Crippen LogP contribution in [0.2, 0.25) is 0 Å². The Balaban J connectivity index is 2.20. The van der Waals surface area contributed by atoms with Crippen LogP contribution in [0.3, 0.4) is 0 Å². The topological polar surface area (TPSA) is 93.5 Å². The Morgan fingerprint density at radius 2 is 2.39 bits per heavy atom. The van der Waals surface area contributed by atoms with E-state index < -0.39 is 5.97 Å². The molecule has 1 aromatic rings. The van der Waals surface area contributed by atoms with Crippen molar-refractivity contribution >= 4 is 18.0 Å². The molecule has 0 unspecified atom stereocenters. The van der Waals surface area contributed by atoms with Gasteiger partial charge < -0.3 is 15.2 Å². The van der Waals surface area contributed by atoms with Crippen LogP contribution in [0.5, 0.6) is 0 Å². The average molecular weight is 253 g/mol. The summed E-state index contributed by atoms with van der Waals surface area (Å²) >= 11 is 0. The van der Waals surface area contributed by atoms with Crippen LogP contribution in [0.15, 0.2) is 18.3 Å². The molecule has 0 atom stereocenters. The lowest BCUT2D eigenvalue weighted by molar-refractivity contribution is -0.142. The maximum atomic E-state index is 11.3. The van der Waals surface area contributed by atoms with E-state index in [2.05, 4.69) is 10.4 Å². The number of carbonyl (C=O) groups excluding carboxylic acids is 1. The van der Waals surface area contributed by atoms with Gasteiger partial charge in [-0.1, -0.05) is 0 Å². The van der Waals surface area contributed by atoms with Crippen molar-refractivity contribution < 1.29 is 19.4 Å². The van der Waals surface area contributed by atoms with E-state index in [1.165, 1.54) is 6.08 Å². The summed E-state index contributed by atoms with van der Waals surface area (Å²) in [5.41, 5.74) is 0.812. The first-order valence-electron chi connectivity index (χ1n) is 5.33. The monoisotopic (exact) mass is 253 g/mol. The molecule has 0 aliphatic heterocycles. The average Bonchev–Trinajstić information content (AvgIpc) is 2.71. The molecule has 0 saturated heterocycles. The van der Waals surface area contributed by atoms with Crippen LogP contribution < -0.4 is 5.32 Å². The number of amides is 1. The van der Waals surface area contributed by atoms with E-state index in [0.29, 0.717) is 0 Å². The van der Waals surface area contributed by atoms with Gasteiger partial charge in [0.15, 0.2) is 0 Å². The number of hydrogen-bond acceptors (Lipinski definition) is 4. The third-order valence-corrected chi connectivity index (χ3v) is 2.04. The molecule has 1 rings (SSSR count). The smallest absolute Gasteiger partial charge is 0.329 e. The number of carboxylic acids is 1. The highest BCUT2D eigenvalue weighted by atomic mass is 16.5. The van der Waals surface area contributed by atoms with Gasteiger partial charge in [0.1, 0.15) is 6.61 Å². The molecule has 1 amide bonds. The SMILES string of the molecule is Cn1nccc1C=CC(=O)NCCOCC(=O)O. The molecule has 0 bridgehead atoms. The molecule has 2 N–H and O–H groups in total. The molecule has 18 heavy (non-hydrogen) atoms. The van der Waals surface area contributed by atoms with E-state index in [9.17, 15) is 9.59 Å². The van der Waals surface area contributed by atoms with Crippen molar-refractivity contribution in [3.05, 3.63) is 24.0 Å². The van der Waals surface area contributed by atoms with Crippen molar-refractivity contribution in [2.45, 2.75) is 0 Å². The van der Waals surface area contributed by atoms with Crippen LogP contribution in [-0.2, 0) is 21.4 Å². The summed E-state index contributed by atoms with van der Waals surface area (Å²) in [6.07, 6.45) is 4.66. The van der Waals surface area contributed by atoms with Gasteiger partial charge in [0, 0.05) is 25.9 Å². The molecule has 7 heteroatoms. The van der Waals surface area contributed by atoms with Gasteiger partial charge in [0.05, 0.1) is 12.3 Å². The zero-order valence-electron chi connectivity index (χ0n) is 10.00. The highest BCUT2D eigenvalue weighted by molar-refractivity contribution is 5.91. The van der Waals surface area contributed by atoms with E-state index in [4.69, 9.17) is 9.84 Å². The summed E-state index contributed by atoms with van der Waals surface area (Å²) in [6.45, 7) is 0.0696. The van der Waals surface area contributed by atoms with Gasteiger partial charge in [-0.25, -0.2) is 4.79 Å². The molecule has 0 aliphatic rings. The van der Waals surface area contributed by atoms with Crippen LogP contribution in [-0.4, -0.2) is 46.5 Å². The second-order valence-corrected chi connectivity index (χ2v) is 3.45. The predicted molar refractivity (Wildman–Crippen MR) is 63.7 cm³/mol. The molecule has 1 heterocycles. The van der Waals surface area contributed by atoms with Gasteiger partial charge in [-0.15, -0.1) is 0 Å². The minimum absolute atomic E-state index is 0.164. The lowest BCUT2D eigenvalue weighted by Gasteiger charge is -2.02. The lowest BCUT2D eigenvalue weighted by Crippen LogP contribution is -2.26. The second-order valence-electron chi connectivity index (χ2n) is 3.45. The predicted octanol–water partition coefficient (Wildman–Crippen LogP) is -0.349. The molecule has 0 spiro atoms. The molecule has 1 aromatic heterocycles. The van der Waals surface area contributed by atoms with E-state index >= 15 is 0 Å². The van der Waals surface area contributed by atoms with Crippen LogP contribution in [0, 0.1) is 0 Å². The number of hydrogen-bond donors (Lipinski definition) is 2. The highest BCUT2D eigenvalue weighted by Crippen LogP contribution is 1.98. The third-order valence-electron chi connectivity index (χ3n) is 2.04. The van der Waals surface area contributed by atoms with Crippen molar-refractivity contribution in [3.63, 3.8) is 0 Å². The van der Waals surface area contributed by atoms with E-state index in [1.54, 1.807) is 30.1 Å². The van der Waals surface area contributed by atoms with Crippen molar-refractivity contribution in [1.82, 2.24) is 15.1 Å². The van der Waals surface area contributed by atoms with Crippen LogP contribution >= 0.6 is 0 Å². The molecular weight excluding hydrogens is 238 g/mol. The third kappa shape index (κ3) is 5.26. The number of rotatable bonds is 7. The summed E-state index contributed by atoms with van der Waals surface area (Å²) in [4.78, 5) is 21.5. The summed E-state index contributed by atoms with van der Waals surface area (Å²) in [6, 6.07) is 1.78. The minimum Gasteiger partial charge on any atom is -0.480 e. The summed E-state index contributed by atoms with van der Waals surface area (Å²) in [7, 11) is 1.78. The largest absolute Gasteiger partial charge is 0.480 e. The fraction of sp³-hybridized carbons (Fsp3) is 0.364. The van der Waals surface area contributed by atoms with E-state index in [1.807, 2.05) is 0 Å². The number of ether oxygens (including phenoxy) is 1. The maximum absolute atomic E-state index is 11.3. The number of aliphatic carboxylic acids is 1. The molecule has 7 nitrogen and oxygen atoms in total. The minimum atomic E-state index is -1.03. The van der Waals surface area contributed by atoms with Crippen molar-refractivity contribution in [3.8, 4) is 0 Å². The summed E-state index contributed by atoms with van der Waals surface area (Å²) < 4.78 is 6.40. The Labute approximate surface area is 104 Å². The Morgan fingerprint density at radius 3 is 3.00 bits per heavy atom. The molecule has 0 radical (unpaired) electrons. The Kier molecular flexibility index (Phi) is 5.59. The quantitative estimate of drug-likeness (QED) is 0.512. The maximum Gasteiger partial charge on any atom is 0.329 e. The number of nitrogens with zero attached hydrogens (tertiary/aromatic N) is 2. The van der Waals surface area contributed by atoms with E-state index in [-0.39, 0.29) is 25.7 Å². The molecule has 0 aromatic carbocycles. The summed E-state index contributed by atoms with van der Waals surface area (Å²) in [5, 5.41) is 14.8. The number of carbonyl (C=O) groups is 2. The van der Waals surface area contributed by atoms with Gasteiger partial charge in [-0.2, -0.15) is 5.10 Å². The number of nitrogens with one attached hydrogen (secondary N) is 1. The second kappa shape index (κ2) is 7.23. The standard InChI is InChI=1S/C11H15N3O4/c1-14-9(4-5-13-14)2-3-10(15)12-6-7-18-8-11(16)17/h2-5H,6-8H2,1H3,(H,12,15)(H,16,17). The Bertz CT molecular complexity index is 439. The van der Waals surface area contributed by atoms with Gasteiger partial charge in [-0.3, -0.25) is 9.48 Å². The van der Waals surface area contributed by atoms with Crippen LogP contribution in [0.4, 0.5) is 0 Å². The fourth-order valence-electron chi connectivity index (χ4n) is 1.17. The number of carboxylic acid groups (broad SMARTS) is 1. The first-order chi connectivity index (χ1) is 8.59. The zero-order valence-corrected chi connectivity index (χ0v) is 10.00. The molecule has 98 valence electrons. The van der Waals surface area contributed by atoms with Crippen molar-refractivity contribution in [2.75, 3.05) is 19.8 Å². The molecule has 0 aliphatic carbocycles. The van der Waals surface area contributed by atoms with Gasteiger partial charge in [-0.05, 0) is 12.1 Å². The molecule has 0 saturated carbocycles. The molecule has 0 fully saturated rings. The highest BCUT2D eigenvalue weighted by Gasteiger charge is 1.98. The van der Waals surface area contributed by atoms with Gasteiger partial charge >= 0.3 is 5.97 Å². The first-order valence-corrected chi connectivity index (χ1v) is 5.33. The number of aromatic nitrogens is 2. The normalized spacial score (nSPS) is 10.7. The van der Waals surface area contributed by atoms with Crippen LogP contribution in [0.25, 0.3) is 6.08 Å². The fourth-order valence-corrected chi connectivity index (χ4v) is 1.17. The number of aryl methyl sites for hydroxylation is 1. The van der Waals surface area contributed by atoms with Crippen LogP contribution in [0.1, 0.15) is 5.69 Å². The van der Waals surface area contributed by atoms with Gasteiger partial charge in [0.2, 0.25) is 5.91 Å². The lowest BCUT2D eigenvalue weighted by atomic mass is 10.3. The van der Waals surface area contributed by atoms with Crippen molar-refractivity contribution in [2.24, 2.45) is 7.05 Å². The van der Waals surface area contributed by atoms with Crippen molar-refractivity contribution in [1.29, 1.82) is 0 Å². The summed E-state index contributed by atoms with van der Waals surface area (Å²) in [5.74, 6) is -1.30. The van der Waals surface area contributed by atoms with E-state index in [0.717, 1.165) is 5.69 Å². The Hall–Kier alpha value is -2.15. The van der Waals surface area contributed by atoms with Gasteiger partial charge in [0.25, 0.3) is 0 Å². The molecular formula is C11H15N3O4. The first kappa shape index (κ1) is 13.9.